The Balaban J connectivity index is 2.21. The average Bonchev–Trinajstić information content (AvgIpc) is 2.38. The number of likely N-dealkylation sites (N-methyl/N-ethyl adjacent to an activating group) is 1. The van der Waals surface area contributed by atoms with Crippen molar-refractivity contribution in [2.45, 2.75) is 50.8 Å². The maximum atomic E-state index is 14.2. The quantitative estimate of drug-likeness (QED) is 0.884. The van der Waals surface area contributed by atoms with Gasteiger partial charge in [-0.05, 0) is 37.5 Å². The van der Waals surface area contributed by atoms with Crippen LogP contribution in [0, 0.1) is 5.82 Å². The molecule has 1 fully saturated rings. The van der Waals surface area contributed by atoms with Crippen molar-refractivity contribution in [3.63, 3.8) is 0 Å². The lowest BCUT2D eigenvalue weighted by molar-refractivity contribution is 0.106. The molecule has 1 aliphatic carbocycles. The first-order valence-electron chi connectivity index (χ1n) is 6.96. The normalized spacial score (nSPS) is 25.1. The van der Waals surface area contributed by atoms with E-state index < -0.39 is 0 Å². The highest BCUT2D eigenvalue weighted by Crippen LogP contribution is 2.29. The molecule has 3 unspecified atom stereocenters. The van der Waals surface area contributed by atoms with Crippen molar-refractivity contribution in [2.75, 3.05) is 11.9 Å². The van der Waals surface area contributed by atoms with Crippen molar-refractivity contribution in [3.05, 3.63) is 29.6 Å². The Morgan fingerprint density at radius 3 is 2.63 bits per heavy atom. The average molecular weight is 266 g/mol. The fraction of sp³-hybridized carbons (Fsp3) is 0.600. The third-order valence-corrected chi connectivity index (χ3v) is 4.07. The zero-order chi connectivity index (χ0) is 14.0. The Labute approximate surface area is 114 Å². The molecule has 0 aromatic heterocycles. The molecule has 19 heavy (non-hydrogen) atoms. The number of hydrogen-bond acceptors (Lipinski definition) is 3. The van der Waals surface area contributed by atoms with E-state index >= 15 is 0 Å². The molecule has 1 aromatic carbocycles. The molecule has 0 amide bonds. The van der Waals surface area contributed by atoms with Crippen LogP contribution in [0.3, 0.4) is 0 Å². The first-order valence-corrected chi connectivity index (χ1v) is 6.96. The summed E-state index contributed by atoms with van der Waals surface area (Å²) in [6, 6.07) is 4.94. The van der Waals surface area contributed by atoms with Gasteiger partial charge in [0.05, 0.1) is 17.8 Å². The lowest BCUT2D eigenvalue weighted by Crippen LogP contribution is -2.43. The highest BCUT2D eigenvalue weighted by Gasteiger charge is 2.28. The van der Waals surface area contributed by atoms with Gasteiger partial charge in [0.1, 0.15) is 5.82 Å². The second-order valence-electron chi connectivity index (χ2n) is 5.53. The number of aliphatic hydroxyl groups is 1. The number of halogens is 1. The molecule has 0 saturated heterocycles. The van der Waals surface area contributed by atoms with E-state index in [0.717, 1.165) is 31.2 Å². The van der Waals surface area contributed by atoms with Crippen LogP contribution in [0.4, 0.5) is 10.1 Å². The fourth-order valence-electron chi connectivity index (χ4n) is 2.81. The lowest BCUT2D eigenvalue weighted by atomic mass is 9.91. The van der Waals surface area contributed by atoms with Gasteiger partial charge in [0.15, 0.2) is 0 Å². The Bertz CT molecular complexity index is 436. The molecular weight excluding hydrogens is 243 g/mol. The number of rotatable bonds is 3. The van der Waals surface area contributed by atoms with E-state index in [1.165, 1.54) is 6.07 Å². The molecule has 4 heteroatoms. The Hall–Kier alpha value is -1.13. The summed E-state index contributed by atoms with van der Waals surface area (Å²) in [5.74, 6) is -0.268. The van der Waals surface area contributed by atoms with E-state index in [4.69, 9.17) is 5.73 Å². The van der Waals surface area contributed by atoms with Gasteiger partial charge in [0, 0.05) is 13.1 Å². The predicted molar refractivity (Wildman–Crippen MR) is 75.7 cm³/mol. The smallest absolute Gasteiger partial charge is 0.146 e. The van der Waals surface area contributed by atoms with Gasteiger partial charge in [0.2, 0.25) is 0 Å². The van der Waals surface area contributed by atoms with Gasteiger partial charge >= 0.3 is 0 Å². The number of benzene rings is 1. The summed E-state index contributed by atoms with van der Waals surface area (Å²) in [5.41, 5.74) is 7.08. The molecule has 3 atom stereocenters. The van der Waals surface area contributed by atoms with Crippen molar-refractivity contribution in [3.8, 4) is 0 Å². The predicted octanol–water partition coefficient (Wildman–Crippen LogP) is 2.59. The van der Waals surface area contributed by atoms with E-state index in [0.29, 0.717) is 5.69 Å². The molecule has 2 rings (SSSR count). The molecule has 3 nitrogen and oxygen atoms in total. The molecule has 0 radical (unpaired) electrons. The van der Waals surface area contributed by atoms with Crippen LogP contribution < -0.4 is 10.6 Å². The lowest BCUT2D eigenvalue weighted by Gasteiger charge is -2.36. The van der Waals surface area contributed by atoms with Gasteiger partial charge in [-0.25, -0.2) is 4.39 Å². The summed E-state index contributed by atoms with van der Waals surface area (Å²) in [6.07, 6.45) is 3.48. The number of nitrogens with two attached hydrogens (primary N) is 1. The van der Waals surface area contributed by atoms with Crippen LogP contribution >= 0.6 is 0 Å². The molecule has 1 aromatic rings. The summed E-state index contributed by atoms with van der Waals surface area (Å²) in [4.78, 5) is 1.87. The van der Waals surface area contributed by atoms with Crippen LogP contribution in [0.5, 0.6) is 0 Å². The van der Waals surface area contributed by atoms with Crippen molar-refractivity contribution in [2.24, 2.45) is 5.73 Å². The molecule has 106 valence electrons. The minimum atomic E-state index is -0.369. The van der Waals surface area contributed by atoms with Crippen molar-refractivity contribution in [1.82, 2.24) is 0 Å². The Kier molecular flexibility index (Phi) is 4.42. The molecule has 0 heterocycles. The number of hydrogen-bond donors (Lipinski definition) is 2. The summed E-state index contributed by atoms with van der Waals surface area (Å²) in [7, 11) is 1.85. The minimum absolute atomic E-state index is 0.00407. The summed E-state index contributed by atoms with van der Waals surface area (Å²) < 4.78 is 14.2. The maximum absolute atomic E-state index is 14.2. The van der Waals surface area contributed by atoms with E-state index in [-0.39, 0.29) is 24.0 Å². The SMILES string of the molecule is CC(N)c1ccc(N(C)C2CCCCC2O)c(F)c1. The summed E-state index contributed by atoms with van der Waals surface area (Å²) in [6.45, 7) is 1.84. The number of anilines is 1. The van der Waals surface area contributed by atoms with Crippen LogP contribution in [-0.4, -0.2) is 24.3 Å². The van der Waals surface area contributed by atoms with Crippen LogP contribution in [0.15, 0.2) is 18.2 Å². The van der Waals surface area contributed by atoms with E-state index in [9.17, 15) is 9.50 Å². The van der Waals surface area contributed by atoms with Gasteiger partial charge in [-0.2, -0.15) is 0 Å². The first-order chi connectivity index (χ1) is 9.00. The summed E-state index contributed by atoms with van der Waals surface area (Å²) in [5, 5.41) is 10.1. The standard InChI is InChI=1S/C15H23FN2O/c1-10(17)11-7-8-13(12(16)9-11)18(2)14-5-3-4-6-15(14)19/h7-10,14-15,19H,3-6,17H2,1-2H3. The van der Waals surface area contributed by atoms with E-state index in [2.05, 4.69) is 0 Å². The maximum Gasteiger partial charge on any atom is 0.146 e. The van der Waals surface area contributed by atoms with E-state index in [1.807, 2.05) is 24.9 Å². The topological polar surface area (TPSA) is 49.5 Å². The molecule has 1 aliphatic rings. The van der Waals surface area contributed by atoms with Gasteiger partial charge in [-0.15, -0.1) is 0 Å². The van der Waals surface area contributed by atoms with Gasteiger partial charge in [-0.1, -0.05) is 18.9 Å². The first kappa shape index (κ1) is 14.3. The zero-order valence-corrected chi connectivity index (χ0v) is 11.6. The van der Waals surface area contributed by atoms with Crippen LogP contribution in [-0.2, 0) is 0 Å². The van der Waals surface area contributed by atoms with Gasteiger partial charge < -0.3 is 15.7 Å². The third kappa shape index (κ3) is 3.07. The van der Waals surface area contributed by atoms with E-state index in [1.54, 1.807) is 6.07 Å². The second-order valence-corrected chi connectivity index (χ2v) is 5.53. The number of aliphatic hydroxyl groups excluding tert-OH is 1. The highest BCUT2D eigenvalue weighted by atomic mass is 19.1. The zero-order valence-electron chi connectivity index (χ0n) is 11.6. The highest BCUT2D eigenvalue weighted by molar-refractivity contribution is 5.50. The molecule has 3 N–H and O–H groups in total. The van der Waals surface area contributed by atoms with Crippen LogP contribution in [0.1, 0.15) is 44.2 Å². The third-order valence-electron chi connectivity index (χ3n) is 4.07. The Morgan fingerprint density at radius 1 is 1.37 bits per heavy atom. The number of nitrogens with zero attached hydrogens (tertiary/aromatic N) is 1. The minimum Gasteiger partial charge on any atom is -0.391 e. The molecule has 1 saturated carbocycles. The Morgan fingerprint density at radius 2 is 2.05 bits per heavy atom. The summed E-state index contributed by atoms with van der Waals surface area (Å²) >= 11 is 0. The molecule has 0 bridgehead atoms. The van der Waals surface area contributed by atoms with Gasteiger partial charge in [0.25, 0.3) is 0 Å². The van der Waals surface area contributed by atoms with Gasteiger partial charge in [-0.3, -0.25) is 0 Å². The molecule has 0 aliphatic heterocycles. The van der Waals surface area contributed by atoms with Crippen molar-refractivity contribution in [1.29, 1.82) is 0 Å². The fourth-order valence-corrected chi connectivity index (χ4v) is 2.81. The molecular formula is C15H23FN2O. The second kappa shape index (κ2) is 5.88. The largest absolute Gasteiger partial charge is 0.391 e. The van der Waals surface area contributed by atoms with Crippen LogP contribution in [0.25, 0.3) is 0 Å². The van der Waals surface area contributed by atoms with Crippen LogP contribution in [0.2, 0.25) is 0 Å². The monoisotopic (exact) mass is 266 g/mol. The molecule has 0 spiro atoms. The van der Waals surface area contributed by atoms with Crippen molar-refractivity contribution >= 4 is 5.69 Å². The van der Waals surface area contributed by atoms with Crippen molar-refractivity contribution < 1.29 is 9.50 Å².